The number of likely N-dealkylation sites (N-methyl/N-ethyl adjacent to an activating group) is 1. The van der Waals surface area contributed by atoms with Crippen LogP contribution in [0, 0.1) is 6.92 Å². The molecule has 1 aromatic carbocycles. The summed E-state index contributed by atoms with van der Waals surface area (Å²) in [6.45, 7) is 1.82. The number of nitrogens with one attached hydrogen (secondary N) is 1. The lowest BCUT2D eigenvalue weighted by molar-refractivity contribution is -0.116. The van der Waals surface area contributed by atoms with E-state index in [0.29, 0.717) is 11.4 Å². The van der Waals surface area contributed by atoms with Crippen molar-refractivity contribution in [2.45, 2.75) is 6.92 Å². The number of aromatic nitrogens is 1. The number of carbonyl (C=O) groups is 2. The fourth-order valence-corrected chi connectivity index (χ4v) is 1.88. The molecule has 0 bridgehead atoms. The van der Waals surface area contributed by atoms with Crippen molar-refractivity contribution < 1.29 is 9.59 Å². The Kier molecular flexibility index (Phi) is 4.66. The highest BCUT2D eigenvalue weighted by atomic mass is 16.2. The summed E-state index contributed by atoms with van der Waals surface area (Å²) in [6.07, 6.45) is 0. The first-order valence-electron chi connectivity index (χ1n) is 6.60. The maximum Gasteiger partial charge on any atom is 0.254 e. The van der Waals surface area contributed by atoms with E-state index in [9.17, 15) is 9.59 Å². The summed E-state index contributed by atoms with van der Waals surface area (Å²) in [4.78, 5) is 29.6. The largest absolute Gasteiger partial charge is 0.332 e. The Balaban J connectivity index is 1.95. The first-order valence-corrected chi connectivity index (χ1v) is 6.60. The smallest absolute Gasteiger partial charge is 0.254 e. The molecule has 5 heteroatoms. The zero-order valence-corrected chi connectivity index (χ0v) is 12.0. The van der Waals surface area contributed by atoms with E-state index in [1.165, 1.54) is 4.90 Å². The second-order valence-electron chi connectivity index (χ2n) is 4.74. The summed E-state index contributed by atoms with van der Waals surface area (Å²) in [5.41, 5.74) is 1.38. The Labute approximate surface area is 123 Å². The number of rotatable bonds is 4. The highest BCUT2D eigenvalue weighted by Crippen LogP contribution is 2.05. The van der Waals surface area contributed by atoms with Crippen LogP contribution in [-0.4, -0.2) is 35.3 Å². The van der Waals surface area contributed by atoms with Crippen LogP contribution in [0.4, 0.5) is 5.82 Å². The highest BCUT2D eigenvalue weighted by Gasteiger charge is 2.14. The van der Waals surface area contributed by atoms with Crippen molar-refractivity contribution in [2.24, 2.45) is 0 Å². The van der Waals surface area contributed by atoms with Gasteiger partial charge >= 0.3 is 0 Å². The minimum atomic E-state index is -0.278. The van der Waals surface area contributed by atoms with Gasteiger partial charge in [0.15, 0.2) is 0 Å². The first kappa shape index (κ1) is 14.7. The van der Waals surface area contributed by atoms with Crippen LogP contribution in [0.1, 0.15) is 16.1 Å². The Morgan fingerprint density at radius 2 is 1.81 bits per heavy atom. The van der Waals surface area contributed by atoms with Crippen LogP contribution in [-0.2, 0) is 4.79 Å². The second-order valence-corrected chi connectivity index (χ2v) is 4.74. The normalized spacial score (nSPS) is 10.0. The molecule has 21 heavy (non-hydrogen) atoms. The minimum Gasteiger partial charge on any atom is -0.332 e. The van der Waals surface area contributed by atoms with Gasteiger partial charge in [0.1, 0.15) is 5.82 Å². The summed E-state index contributed by atoms with van der Waals surface area (Å²) >= 11 is 0. The molecule has 1 heterocycles. The summed E-state index contributed by atoms with van der Waals surface area (Å²) in [5, 5.41) is 2.68. The Bertz CT molecular complexity index is 641. The Morgan fingerprint density at radius 1 is 1.10 bits per heavy atom. The molecule has 1 aromatic heterocycles. The van der Waals surface area contributed by atoms with Crippen LogP contribution in [0.2, 0.25) is 0 Å². The van der Waals surface area contributed by atoms with Crippen molar-refractivity contribution in [2.75, 3.05) is 18.9 Å². The molecule has 0 saturated carbocycles. The molecule has 2 aromatic rings. The van der Waals surface area contributed by atoms with Crippen molar-refractivity contribution in [1.29, 1.82) is 0 Å². The van der Waals surface area contributed by atoms with Crippen LogP contribution in [0.25, 0.3) is 0 Å². The molecule has 0 unspecified atom stereocenters. The number of benzene rings is 1. The van der Waals surface area contributed by atoms with E-state index in [1.807, 2.05) is 25.1 Å². The molecule has 0 aliphatic rings. The highest BCUT2D eigenvalue weighted by molar-refractivity contribution is 5.98. The number of hydrogen-bond acceptors (Lipinski definition) is 3. The molecule has 0 radical (unpaired) electrons. The van der Waals surface area contributed by atoms with E-state index in [-0.39, 0.29) is 18.4 Å². The third-order valence-electron chi connectivity index (χ3n) is 2.90. The Morgan fingerprint density at radius 3 is 2.48 bits per heavy atom. The van der Waals surface area contributed by atoms with Crippen molar-refractivity contribution >= 4 is 17.6 Å². The first-order chi connectivity index (χ1) is 10.1. The Hall–Kier alpha value is -2.69. The van der Waals surface area contributed by atoms with Crippen LogP contribution in [0.15, 0.2) is 48.5 Å². The average molecular weight is 283 g/mol. The van der Waals surface area contributed by atoms with Gasteiger partial charge in [-0.2, -0.15) is 0 Å². The van der Waals surface area contributed by atoms with Crippen molar-refractivity contribution in [3.63, 3.8) is 0 Å². The fourth-order valence-electron chi connectivity index (χ4n) is 1.88. The van der Waals surface area contributed by atoms with Crippen LogP contribution >= 0.6 is 0 Å². The zero-order chi connectivity index (χ0) is 15.2. The second kappa shape index (κ2) is 6.65. The van der Waals surface area contributed by atoms with E-state index in [2.05, 4.69) is 10.3 Å². The number of anilines is 1. The molecule has 0 aliphatic heterocycles. The molecule has 1 N–H and O–H groups in total. The van der Waals surface area contributed by atoms with Gasteiger partial charge in [0.25, 0.3) is 5.91 Å². The molecular formula is C16H17N3O2. The monoisotopic (exact) mass is 283 g/mol. The number of hydrogen-bond donors (Lipinski definition) is 1. The number of nitrogens with zero attached hydrogens (tertiary/aromatic N) is 2. The molecular weight excluding hydrogens is 266 g/mol. The molecule has 0 aliphatic carbocycles. The molecule has 108 valence electrons. The van der Waals surface area contributed by atoms with E-state index in [1.54, 1.807) is 37.4 Å². The van der Waals surface area contributed by atoms with E-state index in [4.69, 9.17) is 0 Å². The van der Waals surface area contributed by atoms with Gasteiger partial charge in [0, 0.05) is 18.3 Å². The third-order valence-corrected chi connectivity index (χ3v) is 2.90. The lowest BCUT2D eigenvalue weighted by Gasteiger charge is -2.16. The fraction of sp³-hybridized carbons (Fsp3) is 0.188. The van der Waals surface area contributed by atoms with Crippen LogP contribution in [0.3, 0.4) is 0 Å². The van der Waals surface area contributed by atoms with Gasteiger partial charge < -0.3 is 10.2 Å². The van der Waals surface area contributed by atoms with Gasteiger partial charge in [-0.05, 0) is 31.2 Å². The number of amides is 2. The maximum atomic E-state index is 12.1. The topological polar surface area (TPSA) is 62.3 Å². The van der Waals surface area contributed by atoms with Crippen molar-refractivity contribution in [3.8, 4) is 0 Å². The van der Waals surface area contributed by atoms with Crippen molar-refractivity contribution in [1.82, 2.24) is 9.88 Å². The van der Waals surface area contributed by atoms with E-state index < -0.39 is 0 Å². The number of pyridine rings is 1. The van der Waals surface area contributed by atoms with E-state index in [0.717, 1.165) is 5.69 Å². The predicted molar refractivity (Wildman–Crippen MR) is 81.0 cm³/mol. The summed E-state index contributed by atoms with van der Waals surface area (Å²) in [6, 6.07) is 14.2. The van der Waals surface area contributed by atoms with Gasteiger partial charge in [0.2, 0.25) is 5.91 Å². The lowest BCUT2D eigenvalue weighted by Crippen LogP contribution is -2.35. The number of carbonyl (C=O) groups excluding carboxylic acids is 2. The quantitative estimate of drug-likeness (QED) is 0.934. The average Bonchev–Trinajstić information content (AvgIpc) is 2.47. The molecule has 5 nitrogen and oxygen atoms in total. The molecule has 2 rings (SSSR count). The van der Waals surface area contributed by atoms with Crippen molar-refractivity contribution in [3.05, 3.63) is 59.8 Å². The minimum absolute atomic E-state index is 0.0245. The third kappa shape index (κ3) is 4.14. The lowest BCUT2D eigenvalue weighted by atomic mass is 10.2. The van der Waals surface area contributed by atoms with Gasteiger partial charge in [0.05, 0.1) is 6.54 Å². The molecule has 0 atom stereocenters. The van der Waals surface area contributed by atoms with Gasteiger partial charge in [-0.3, -0.25) is 9.59 Å². The number of aryl methyl sites for hydroxylation is 1. The summed E-state index contributed by atoms with van der Waals surface area (Å²) in [5.74, 6) is 0.0170. The summed E-state index contributed by atoms with van der Waals surface area (Å²) in [7, 11) is 1.60. The molecule has 2 amide bonds. The molecule has 0 spiro atoms. The maximum absolute atomic E-state index is 12.1. The van der Waals surface area contributed by atoms with Gasteiger partial charge in [-0.1, -0.05) is 24.3 Å². The predicted octanol–water partition coefficient (Wildman–Crippen LogP) is 2.10. The molecule has 0 fully saturated rings. The van der Waals surface area contributed by atoms with Gasteiger partial charge in [-0.25, -0.2) is 4.98 Å². The molecule has 0 saturated heterocycles. The van der Waals surface area contributed by atoms with Crippen LogP contribution in [0.5, 0.6) is 0 Å². The van der Waals surface area contributed by atoms with E-state index >= 15 is 0 Å². The standard InChI is InChI=1S/C16H17N3O2/c1-12-7-6-10-14(17-12)18-15(20)11-19(2)16(21)13-8-4-3-5-9-13/h3-10H,11H2,1-2H3,(H,17,18,20). The summed E-state index contributed by atoms with van der Waals surface area (Å²) < 4.78 is 0. The van der Waals surface area contributed by atoms with Gasteiger partial charge in [-0.15, -0.1) is 0 Å². The zero-order valence-electron chi connectivity index (χ0n) is 12.0. The SMILES string of the molecule is Cc1cccc(NC(=O)CN(C)C(=O)c2ccccc2)n1. The van der Waals surface area contributed by atoms with Crippen LogP contribution < -0.4 is 5.32 Å².